The maximum absolute atomic E-state index is 13.2. The zero-order valence-electron chi connectivity index (χ0n) is 7.58. The molecule has 1 rings (SSSR count). The van der Waals surface area contributed by atoms with E-state index in [2.05, 4.69) is 12.6 Å². The molecule has 0 heterocycles. The van der Waals surface area contributed by atoms with Crippen LogP contribution in [0.4, 0.5) is 8.78 Å². The van der Waals surface area contributed by atoms with Gasteiger partial charge in [0.05, 0.1) is 5.56 Å². The van der Waals surface area contributed by atoms with Crippen LogP contribution in [0.5, 0.6) is 0 Å². The molecule has 0 aliphatic rings. The largest absolute Gasteiger partial charge is 0.478 e. The van der Waals surface area contributed by atoms with Crippen molar-refractivity contribution in [2.45, 2.75) is 0 Å². The summed E-state index contributed by atoms with van der Waals surface area (Å²) in [6, 6.07) is 1.51. The van der Waals surface area contributed by atoms with E-state index < -0.39 is 23.2 Å². The Kier molecular flexibility index (Phi) is 3.85. The molecular formula is C10H8F2O2S. The van der Waals surface area contributed by atoms with E-state index in [1.807, 2.05) is 0 Å². The molecule has 1 aromatic carbocycles. The number of carboxylic acid groups (broad SMARTS) is 1. The van der Waals surface area contributed by atoms with Crippen LogP contribution in [0, 0.1) is 11.6 Å². The van der Waals surface area contributed by atoms with Crippen LogP contribution in [0.1, 0.15) is 15.9 Å². The highest BCUT2D eigenvalue weighted by molar-refractivity contribution is 7.80. The molecule has 5 heteroatoms. The molecule has 1 aromatic rings. The summed E-state index contributed by atoms with van der Waals surface area (Å²) in [7, 11) is 0. The van der Waals surface area contributed by atoms with Crippen molar-refractivity contribution < 1.29 is 18.7 Å². The van der Waals surface area contributed by atoms with Crippen molar-refractivity contribution in [3.05, 3.63) is 41.0 Å². The smallest absolute Gasteiger partial charge is 0.338 e. The Hall–Kier alpha value is -1.36. The van der Waals surface area contributed by atoms with Gasteiger partial charge in [-0.2, -0.15) is 12.6 Å². The van der Waals surface area contributed by atoms with Crippen LogP contribution in [-0.4, -0.2) is 16.8 Å². The van der Waals surface area contributed by atoms with Gasteiger partial charge in [-0.1, -0.05) is 12.2 Å². The van der Waals surface area contributed by atoms with E-state index in [0.717, 1.165) is 6.07 Å². The van der Waals surface area contributed by atoms with E-state index in [4.69, 9.17) is 5.11 Å². The Labute approximate surface area is 90.6 Å². The van der Waals surface area contributed by atoms with Crippen LogP contribution in [0.15, 0.2) is 18.2 Å². The predicted octanol–water partition coefficient (Wildman–Crippen LogP) is 2.61. The van der Waals surface area contributed by atoms with Gasteiger partial charge in [0, 0.05) is 11.3 Å². The van der Waals surface area contributed by atoms with Crippen LogP contribution < -0.4 is 0 Å². The maximum Gasteiger partial charge on any atom is 0.338 e. The normalized spacial score (nSPS) is 10.9. The summed E-state index contributed by atoms with van der Waals surface area (Å²) in [5.74, 6) is -2.83. The van der Waals surface area contributed by atoms with Gasteiger partial charge in [0.25, 0.3) is 0 Å². The maximum atomic E-state index is 13.2. The predicted molar refractivity (Wildman–Crippen MR) is 56.2 cm³/mol. The van der Waals surface area contributed by atoms with Gasteiger partial charge in [0.15, 0.2) is 0 Å². The van der Waals surface area contributed by atoms with Gasteiger partial charge in [0.2, 0.25) is 0 Å². The number of carbonyl (C=O) groups is 1. The van der Waals surface area contributed by atoms with Gasteiger partial charge in [-0.3, -0.25) is 0 Å². The van der Waals surface area contributed by atoms with E-state index in [1.165, 1.54) is 12.2 Å². The SMILES string of the molecule is O=C(O)c1cc(F)c(C=CCS)cc1F. The van der Waals surface area contributed by atoms with Crippen LogP contribution in [0.25, 0.3) is 6.08 Å². The topological polar surface area (TPSA) is 37.3 Å². The molecular weight excluding hydrogens is 222 g/mol. The molecule has 1 N–H and O–H groups in total. The molecule has 15 heavy (non-hydrogen) atoms. The lowest BCUT2D eigenvalue weighted by Crippen LogP contribution is -2.02. The molecule has 80 valence electrons. The molecule has 0 bridgehead atoms. The van der Waals surface area contributed by atoms with Crippen LogP contribution in [0.3, 0.4) is 0 Å². The fourth-order valence-corrected chi connectivity index (χ4v) is 1.14. The summed E-state index contributed by atoms with van der Waals surface area (Å²) in [6.45, 7) is 0. The molecule has 0 atom stereocenters. The molecule has 0 aliphatic heterocycles. The number of halogens is 2. The highest BCUT2D eigenvalue weighted by Crippen LogP contribution is 2.16. The molecule has 0 unspecified atom stereocenters. The van der Waals surface area contributed by atoms with Gasteiger partial charge in [-0.15, -0.1) is 0 Å². The van der Waals surface area contributed by atoms with Gasteiger partial charge in [-0.25, -0.2) is 13.6 Å². The van der Waals surface area contributed by atoms with Gasteiger partial charge < -0.3 is 5.11 Å². The number of benzene rings is 1. The molecule has 0 saturated heterocycles. The minimum absolute atomic E-state index is 0.00606. The average Bonchev–Trinajstić information content (AvgIpc) is 2.18. The Morgan fingerprint density at radius 1 is 1.40 bits per heavy atom. The lowest BCUT2D eigenvalue weighted by molar-refractivity contribution is 0.0691. The second kappa shape index (κ2) is 4.93. The summed E-state index contributed by atoms with van der Waals surface area (Å²) in [6.07, 6.45) is 2.87. The van der Waals surface area contributed by atoms with E-state index in [-0.39, 0.29) is 5.56 Å². The summed E-state index contributed by atoms with van der Waals surface area (Å²) in [5.41, 5.74) is -0.665. The van der Waals surface area contributed by atoms with Crippen molar-refractivity contribution in [3.8, 4) is 0 Å². The van der Waals surface area contributed by atoms with E-state index >= 15 is 0 Å². The zero-order chi connectivity index (χ0) is 11.4. The van der Waals surface area contributed by atoms with Crippen LogP contribution in [0.2, 0.25) is 0 Å². The average molecular weight is 230 g/mol. The number of hydrogen-bond acceptors (Lipinski definition) is 2. The third kappa shape index (κ3) is 2.79. The second-order valence-electron chi connectivity index (χ2n) is 2.74. The summed E-state index contributed by atoms with van der Waals surface area (Å²) >= 11 is 3.87. The van der Waals surface area contributed by atoms with Crippen molar-refractivity contribution in [1.82, 2.24) is 0 Å². The molecule has 0 fully saturated rings. The number of carboxylic acids is 1. The number of rotatable bonds is 3. The lowest BCUT2D eigenvalue weighted by atomic mass is 10.1. The zero-order valence-corrected chi connectivity index (χ0v) is 8.47. The first kappa shape index (κ1) is 11.7. The first-order chi connectivity index (χ1) is 7.06. The lowest BCUT2D eigenvalue weighted by Gasteiger charge is -2.01. The molecule has 0 saturated carbocycles. The Balaban J connectivity index is 3.19. The van der Waals surface area contributed by atoms with E-state index in [0.29, 0.717) is 11.8 Å². The molecule has 0 aromatic heterocycles. The number of hydrogen-bond donors (Lipinski definition) is 2. The summed E-state index contributed by atoms with van der Waals surface area (Å²) in [5, 5.41) is 8.52. The first-order valence-electron chi connectivity index (χ1n) is 4.06. The molecule has 0 aliphatic carbocycles. The fourth-order valence-electron chi connectivity index (χ4n) is 1.03. The summed E-state index contributed by atoms with van der Waals surface area (Å²) < 4.78 is 26.3. The van der Waals surface area contributed by atoms with Crippen molar-refractivity contribution >= 4 is 24.7 Å². The van der Waals surface area contributed by atoms with E-state index in [9.17, 15) is 13.6 Å². The van der Waals surface area contributed by atoms with Crippen molar-refractivity contribution in [3.63, 3.8) is 0 Å². The van der Waals surface area contributed by atoms with Gasteiger partial charge in [0.1, 0.15) is 11.6 Å². The van der Waals surface area contributed by atoms with Crippen molar-refractivity contribution in [2.75, 3.05) is 5.75 Å². The standard InChI is InChI=1S/C10H8F2O2S/c11-8-5-7(10(13)14)9(12)4-6(8)2-1-3-15/h1-2,4-5,15H,3H2,(H,13,14). The monoisotopic (exact) mass is 230 g/mol. The first-order valence-corrected chi connectivity index (χ1v) is 4.69. The number of thiol groups is 1. The summed E-state index contributed by atoms with van der Waals surface area (Å²) in [4.78, 5) is 10.5. The second-order valence-corrected chi connectivity index (χ2v) is 3.11. The Bertz CT molecular complexity index is 416. The molecule has 2 nitrogen and oxygen atoms in total. The Morgan fingerprint density at radius 2 is 2.07 bits per heavy atom. The van der Waals surface area contributed by atoms with Crippen molar-refractivity contribution in [2.24, 2.45) is 0 Å². The van der Waals surface area contributed by atoms with Gasteiger partial charge in [-0.05, 0) is 12.1 Å². The minimum Gasteiger partial charge on any atom is -0.478 e. The van der Waals surface area contributed by atoms with Crippen molar-refractivity contribution in [1.29, 1.82) is 0 Å². The minimum atomic E-state index is -1.49. The quantitative estimate of drug-likeness (QED) is 0.783. The fraction of sp³-hybridized carbons (Fsp3) is 0.100. The highest BCUT2D eigenvalue weighted by atomic mass is 32.1. The van der Waals surface area contributed by atoms with E-state index in [1.54, 1.807) is 0 Å². The molecule has 0 amide bonds. The van der Waals surface area contributed by atoms with Crippen LogP contribution in [-0.2, 0) is 0 Å². The third-order valence-corrected chi connectivity index (χ3v) is 1.93. The molecule has 0 radical (unpaired) electrons. The van der Waals surface area contributed by atoms with Gasteiger partial charge >= 0.3 is 5.97 Å². The molecule has 0 spiro atoms. The number of aromatic carboxylic acids is 1. The third-order valence-electron chi connectivity index (χ3n) is 1.72. The van der Waals surface area contributed by atoms with Crippen LogP contribution >= 0.6 is 12.6 Å². The Morgan fingerprint density at radius 3 is 2.60 bits per heavy atom. The highest BCUT2D eigenvalue weighted by Gasteiger charge is 2.13.